The first-order chi connectivity index (χ1) is 17.4. The normalized spacial score (nSPS) is 14.9. The number of carbonyl (C=O) groups excluding carboxylic acids is 3. The fraction of sp³-hybridized carbons (Fsp3) is 0.0690. The number of carbonyl (C=O) groups is 3. The Morgan fingerprint density at radius 2 is 1.61 bits per heavy atom. The Labute approximate surface area is 206 Å². The third-order valence-electron chi connectivity index (χ3n) is 5.98. The summed E-state index contributed by atoms with van der Waals surface area (Å²) in [4.78, 5) is 39.9. The molecule has 178 valence electrons. The molecule has 6 nitrogen and oxygen atoms in total. The van der Waals surface area contributed by atoms with Crippen molar-refractivity contribution >= 4 is 40.4 Å². The quantitative estimate of drug-likeness (QED) is 0.301. The van der Waals surface area contributed by atoms with E-state index in [1.165, 1.54) is 18.2 Å². The predicted molar refractivity (Wildman–Crippen MR) is 135 cm³/mol. The number of fused-ring (bicyclic) bond motifs is 1. The van der Waals surface area contributed by atoms with Gasteiger partial charge in [-0.25, -0.2) is 14.1 Å². The van der Waals surface area contributed by atoms with Crippen LogP contribution in [0.15, 0.2) is 90.5 Å². The number of halogens is 1. The molecule has 0 unspecified atom stereocenters. The molecule has 36 heavy (non-hydrogen) atoms. The van der Waals surface area contributed by atoms with E-state index in [0.29, 0.717) is 22.6 Å². The van der Waals surface area contributed by atoms with Crippen LogP contribution in [0.4, 0.5) is 14.9 Å². The maximum absolute atomic E-state index is 13.5. The van der Waals surface area contributed by atoms with Crippen molar-refractivity contribution in [2.45, 2.75) is 13.5 Å². The molecule has 5 rings (SSSR count). The third-order valence-corrected chi connectivity index (χ3v) is 5.98. The standard InChI is InChI=1S/C29H21FN2O4/c1-18-6-2-5-9-25(18)32-28(34)24(27(33)31-29(32)35)16-23-22-8-4-3-7-20(22)12-15-26(23)36-17-19-10-13-21(30)14-11-19/h2-16H,17H2,1H3,(H,31,33,35)/b24-16+. The molecule has 1 aliphatic heterocycles. The maximum atomic E-state index is 13.5. The van der Waals surface area contributed by atoms with Crippen LogP contribution in [0.25, 0.3) is 16.8 Å². The molecule has 0 aromatic heterocycles. The van der Waals surface area contributed by atoms with E-state index in [9.17, 15) is 18.8 Å². The van der Waals surface area contributed by atoms with Gasteiger partial charge in [0.2, 0.25) is 0 Å². The molecule has 1 saturated heterocycles. The van der Waals surface area contributed by atoms with E-state index in [0.717, 1.165) is 21.2 Å². The second-order valence-electron chi connectivity index (χ2n) is 8.36. The van der Waals surface area contributed by atoms with Gasteiger partial charge in [-0.1, -0.05) is 60.7 Å². The molecule has 7 heteroatoms. The predicted octanol–water partition coefficient (Wildman–Crippen LogP) is 5.53. The minimum atomic E-state index is -0.804. The van der Waals surface area contributed by atoms with Gasteiger partial charge in [-0.3, -0.25) is 14.9 Å². The first-order valence-electron chi connectivity index (χ1n) is 11.3. The molecule has 1 aliphatic rings. The van der Waals surface area contributed by atoms with Crippen LogP contribution >= 0.6 is 0 Å². The van der Waals surface area contributed by atoms with Crippen LogP contribution < -0.4 is 15.0 Å². The van der Waals surface area contributed by atoms with Crippen LogP contribution in [0.2, 0.25) is 0 Å². The number of hydrogen-bond acceptors (Lipinski definition) is 4. The minimum absolute atomic E-state index is 0.156. The van der Waals surface area contributed by atoms with Gasteiger partial charge in [-0.2, -0.15) is 0 Å². The lowest BCUT2D eigenvalue weighted by molar-refractivity contribution is -0.122. The van der Waals surface area contributed by atoms with Gasteiger partial charge in [0.15, 0.2) is 0 Å². The Hall–Kier alpha value is -4.78. The number of anilines is 1. The topological polar surface area (TPSA) is 75.7 Å². The second kappa shape index (κ2) is 9.46. The summed E-state index contributed by atoms with van der Waals surface area (Å²) in [5.74, 6) is -1.42. The van der Waals surface area contributed by atoms with Crippen LogP contribution in [0.3, 0.4) is 0 Å². The Kier molecular flexibility index (Phi) is 6.04. The fourth-order valence-electron chi connectivity index (χ4n) is 4.13. The third kappa shape index (κ3) is 4.34. The highest BCUT2D eigenvalue weighted by Crippen LogP contribution is 2.32. The van der Waals surface area contributed by atoms with Gasteiger partial charge >= 0.3 is 6.03 Å². The average molecular weight is 480 g/mol. The van der Waals surface area contributed by atoms with Crippen LogP contribution in [-0.4, -0.2) is 17.8 Å². The zero-order valence-electron chi connectivity index (χ0n) is 19.3. The molecule has 0 radical (unpaired) electrons. The van der Waals surface area contributed by atoms with Gasteiger partial charge in [0.05, 0.1) is 5.69 Å². The minimum Gasteiger partial charge on any atom is -0.488 e. The van der Waals surface area contributed by atoms with Crippen LogP contribution in [-0.2, 0) is 16.2 Å². The van der Waals surface area contributed by atoms with Crippen LogP contribution in [0.5, 0.6) is 5.75 Å². The summed E-state index contributed by atoms with van der Waals surface area (Å²) in [6.45, 7) is 1.94. The van der Waals surface area contributed by atoms with Gasteiger partial charge in [-0.15, -0.1) is 0 Å². The molecule has 0 aliphatic carbocycles. The molecule has 0 bridgehead atoms. The van der Waals surface area contributed by atoms with Gasteiger partial charge in [-0.05, 0) is 59.2 Å². The maximum Gasteiger partial charge on any atom is 0.335 e. The van der Waals surface area contributed by atoms with Crippen molar-refractivity contribution in [2.75, 3.05) is 4.90 Å². The molecular weight excluding hydrogens is 459 g/mol. The lowest BCUT2D eigenvalue weighted by Gasteiger charge is -2.27. The van der Waals surface area contributed by atoms with E-state index >= 15 is 0 Å². The Bertz CT molecular complexity index is 1540. The number of amides is 4. The number of ether oxygens (including phenoxy) is 1. The number of barbiturate groups is 1. The van der Waals surface area contributed by atoms with Crippen molar-refractivity contribution in [3.05, 3.63) is 113 Å². The molecule has 4 amide bonds. The lowest BCUT2D eigenvalue weighted by Crippen LogP contribution is -2.54. The molecular formula is C29H21FN2O4. The van der Waals surface area contributed by atoms with Crippen molar-refractivity contribution in [1.82, 2.24) is 5.32 Å². The van der Waals surface area contributed by atoms with Crippen LogP contribution in [0.1, 0.15) is 16.7 Å². The molecule has 4 aromatic carbocycles. The van der Waals surface area contributed by atoms with Crippen molar-refractivity contribution < 1.29 is 23.5 Å². The summed E-state index contributed by atoms with van der Waals surface area (Å²) in [5, 5.41) is 3.92. The molecule has 0 saturated carbocycles. The summed E-state index contributed by atoms with van der Waals surface area (Å²) in [5.41, 5.74) is 2.19. The summed E-state index contributed by atoms with van der Waals surface area (Å²) >= 11 is 0. The van der Waals surface area contributed by atoms with E-state index < -0.39 is 17.8 Å². The SMILES string of the molecule is Cc1ccccc1N1C(=O)NC(=O)/C(=C\c2c(OCc3ccc(F)cc3)ccc3ccccc23)C1=O. The largest absolute Gasteiger partial charge is 0.488 e. The first-order valence-corrected chi connectivity index (χ1v) is 11.3. The molecule has 1 heterocycles. The highest BCUT2D eigenvalue weighted by atomic mass is 19.1. The summed E-state index contributed by atoms with van der Waals surface area (Å²) < 4.78 is 19.3. The molecule has 1 fully saturated rings. The number of benzene rings is 4. The number of aryl methyl sites for hydroxylation is 1. The number of nitrogens with zero attached hydrogens (tertiary/aromatic N) is 1. The molecule has 0 spiro atoms. The number of rotatable bonds is 5. The second-order valence-corrected chi connectivity index (χ2v) is 8.36. The Balaban J connectivity index is 1.59. The number of urea groups is 1. The van der Waals surface area contributed by atoms with Gasteiger partial charge in [0.25, 0.3) is 11.8 Å². The van der Waals surface area contributed by atoms with Gasteiger partial charge in [0.1, 0.15) is 23.7 Å². The number of hydrogen-bond donors (Lipinski definition) is 1. The van der Waals surface area contributed by atoms with Crippen molar-refractivity contribution in [3.63, 3.8) is 0 Å². The molecule has 1 N–H and O–H groups in total. The Morgan fingerprint density at radius 1 is 0.889 bits per heavy atom. The van der Waals surface area contributed by atoms with E-state index in [1.54, 1.807) is 49.4 Å². The number of nitrogens with one attached hydrogen (secondary N) is 1. The number of para-hydroxylation sites is 1. The zero-order chi connectivity index (χ0) is 25.2. The first kappa shape index (κ1) is 23.0. The van der Waals surface area contributed by atoms with E-state index in [-0.39, 0.29) is 18.0 Å². The van der Waals surface area contributed by atoms with Gasteiger partial charge < -0.3 is 4.74 Å². The highest BCUT2D eigenvalue weighted by Gasteiger charge is 2.37. The zero-order valence-corrected chi connectivity index (χ0v) is 19.3. The van der Waals surface area contributed by atoms with E-state index in [1.807, 2.05) is 30.3 Å². The smallest absolute Gasteiger partial charge is 0.335 e. The summed E-state index contributed by atoms with van der Waals surface area (Å²) in [6.07, 6.45) is 1.46. The summed E-state index contributed by atoms with van der Waals surface area (Å²) in [6, 6.07) is 23.2. The monoisotopic (exact) mass is 480 g/mol. The molecule has 0 atom stereocenters. The van der Waals surface area contributed by atoms with E-state index in [2.05, 4.69) is 5.32 Å². The highest BCUT2D eigenvalue weighted by molar-refractivity contribution is 6.39. The van der Waals surface area contributed by atoms with Crippen molar-refractivity contribution in [3.8, 4) is 5.75 Å². The molecule has 4 aromatic rings. The lowest BCUT2D eigenvalue weighted by atomic mass is 9.99. The van der Waals surface area contributed by atoms with E-state index in [4.69, 9.17) is 4.74 Å². The van der Waals surface area contributed by atoms with Gasteiger partial charge in [0, 0.05) is 5.56 Å². The van der Waals surface area contributed by atoms with Crippen molar-refractivity contribution in [1.29, 1.82) is 0 Å². The number of imide groups is 2. The Morgan fingerprint density at radius 3 is 2.39 bits per heavy atom. The summed E-state index contributed by atoms with van der Waals surface area (Å²) in [7, 11) is 0. The van der Waals surface area contributed by atoms with Crippen LogP contribution in [0, 0.1) is 12.7 Å². The fourth-order valence-corrected chi connectivity index (χ4v) is 4.13. The van der Waals surface area contributed by atoms with Crippen molar-refractivity contribution in [2.24, 2.45) is 0 Å². The average Bonchev–Trinajstić information content (AvgIpc) is 2.87.